The lowest BCUT2D eigenvalue weighted by Crippen LogP contribution is -2.49. The number of aryl methyl sites for hydroxylation is 3. The first kappa shape index (κ1) is 21.8. The Balaban J connectivity index is 1.67. The van der Waals surface area contributed by atoms with Crippen LogP contribution in [0.4, 0.5) is 10.2 Å². The van der Waals surface area contributed by atoms with Gasteiger partial charge in [0.25, 0.3) is 0 Å². The maximum Gasteiger partial charge on any atom is 0.163 e. The first-order valence-electron chi connectivity index (χ1n) is 10.6. The fourth-order valence-corrected chi connectivity index (χ4v) is 4.49. The Morgan fingerprint density at radius 2 is 2.06 bits per heavy atom. The topological polar surface area (TPSA) is 82.1 Å². The second-order valence-electron chi connectivity index (χ2n) is 8.27. The van der Waals surface area contributed by atoms with Crippen LogP contribution < -0.4 is 10.5 Å². The number of ether oxygens (including phenoxy) is 1. The largest absolute Gasteiger partial charge is 0.493 e. The van der Waals surface area contributed by atoms with Gasteiger partial charge in [0.2, 0.25) is 0 Å². The quantitative estimate of drug-likeness (QED) is 0.591. The SMILES string of the molecule is CCOc1c(CCn2nc(C)c3c(N)ncnc32)cc(Cl)c(F)c1C1CN(C(C)C)C1. The number of nitrogens with two attached hydrogens (primary N) is 1. The Kier molecular flexibility index (Phi) is 6.03. The molecule has 0 radical (unpaired) electrons. The summed E-state index contributed by atoms with van der Waals surface area (Å²) in [4.78, 5) is 10.7. The van der Waals surface area contributed by atoms with E-state index in [2.05, 4.69) is 33.8 Å². The number of rotatable bonds is 7. The van der Waals surface area contributed by atoms with Gasteiger partial charge < -0.3 is 10.5 Å². The molecule has 0 amide bonds. The van der Waals surface area contributed by atoms with E-state index in [1.807, 2.05) is 13.8 Å². The number of fused-ring (bicyclic) bond motifs is 1. The molecule has 4 rings (SSSR count). The molecule has 3 aromatic rings. The van der Waals surface area contributed by atoms with Crippen LogP contribution in [0.1, 0.15) is 43.5 Å². The van der Waals surface area contributed by atoms with Gasteiger partial charge in [-0.2, -0.15) is 5.10 Å². The van der Waals surface area contributed by atoms with Crippen molar-refractivity contribution in [1.82, 2.24) is 24.6 Å². The third-order valence-corrected chi connectivity index (χ3v) is 6.22. The second kappa shape index (κ2) is 8.59. The molecule has 1 saturated heterocycles. The van der Waals surface area contributed by atoms with Crippen molar-refractivity contribution in [1.29, 1.82) is 0 Å². The fourth-order valence-electron chi connectivity index (χ4n) is 4.26. The highest BCUT2D eigenvalue weighted by Crippen LogP contribution is 2.41. The van der Waals surface area contributed by atoms with E-state index in [4.69, 9.17) is 22.1 Å². The van der Waals surface area contributed by atoms with Gasteiger partial charge in [-0.15, -0.1) is 0 Å². The van der Waals surface area contributed by atoms with Crippen LogP contribution in [-0.4, -0.2) is 50.4 Å². The highest BCUT2D eigenvalue weighted by atomic mass is 35.5. The number of hydrogen-bond acceptors (Lipinski definition) is 6. The van der Waals surface area contributed by atoms with Crippen LogP contribution >= 0.6 is 11.6 Å². The van der Waals surface area contributed by atoms with Gasteiger partial charge in [-0.1, -0.05) is 11.6 Å². The van der Waals surface area contributed by atoms with Gasteiger partial charge >= 0.3 is 0 Å². The molecule has 0 saturated carbocycles. The molecule has 166 valence electrons. The summed E-state index contributed by atoms with van der Waals surface area (Å²) >= 11 is 6.31. The molecule has 0 bridgehead atoms. The molecular formula is C22H28ClFN6O. The number of aromatic nitrogens is 4. The molecule has 0 aliphatic carbocycles. The normalized spacial score (nSPS) is 15.1. The summed E-state index contributed by atoms with van der Waals surface area (Å²) in [7, 11) is 0. The van der Waals surface area contributed by atoms with Crippen molar-refractivity contribution in [2.24, 2.45) is 0 Å². The summed E-state index contributed by atoms with van der Waals surface area (Å²) in [5.41, 5.74) is 8.92. The van der Waals surface area contributed by atoms with Crippen LogP contribution in [0.2, 0.25) is 5.02 Å². The minimum absolute atomic E-state index is 0.0710. The molecule has 1 aliphatic heterocycles. The Labute approximate surface area is 186 Å². The average molecular weight is 447 g/mol. The van der Waals surface area contributed by atoms with Gasteiger partial charge in [-0.05, 0) is 45.7 Å². The molecule has 1 fully saturated rings. The monoisotopic (exact) mass is 446 g/mol. The molecule has 2 aromatic heterocycles. The Bertz CT molecular complexity index is 1110. The van der Waals surface area contributed by atoms with E-state index < -0.39 is 0 Å². The van der Waals surface area contributed by atoms with Crippen molar-refractivity contribution in [3.63, 3.8) is 0 Å². The summed E-state index contributed by atoms with van der Waals surface area (Å²) < 4.78 is 22.9. The summed E-state index contributed by atoms with van der Waals surface area (Å²) in [6.45, 7) is 10.7. The molecule has 1 aliphatic rings. The zero-order chi connectivity index (χ0) is 22.3. The second-order valence-corrected chi connectivity index (χ2v) is 8.68. The maximum absolute atomic E-state index is 15.1. The van der Waals surface area contributed by atoms with Gasteiger partial charge in [-0.3, -0.25) is 4.90 Å². The van der Waals surface area contributed by atoms with Crippen LogP contribution in [0.25, 0.3) is 11.0 Å². The average Bonchev–Trinajstić information content (AvgIpc) is 3.01. The highest BCUT2D eigenvalue weighted by molar-refractivity contribution is 6.31. The van der Waals surface area contributed by atoms with Gasteiger partial charge in [-0.25, -0.2) is 19.0 Å². The van der Waals surface area contributed by atoms with Gasteiger partial charge in [0.05, 0.1) is 22.7 Å². The third-order valence-electron chi connectivity index (χ3n) is 5.95. The van der Waals surface area contributed by atoms with E-state index in [0.717, 1.165) is 29.7 Å². The van der Waals surface area contributed by atoms with E-state index in [1.54, 1.807) is 10.7 Å². The lowest BCUT2D eigenvalue weighted by Gasteiger charge is -2.43. The summed E-state index contributed by atoms with van der Waals surface area (Å²) in [6.07, 6.45) is 2.01. The maximum atomic E-state index is 15.1. The minimum atomic E-state index is -0.372. The zero-order valence-electron chi connectivity index (χ0n) is 18.3. The Morgan fingerprint density at radius 1 is 1.32 bits per heavy atom. The summed E-state index contributed by atoms with van der Waals surface area (Å²) in [5, 5.41) is 5.46. The molecule has 7 nitrogen and oxygen atoms in total. The molecule has 0 unspecified atom stereocenters. The number of nitrogens with zero attached hydrogens (tertiary/aromatic N) is 5. The third kappa shape index (κ3) is 3.94. The van der Waals surface area contributed by atoms with E-state index in [9.17, 15) is 0 Å². The Hall–Kier alpha value is -2.45. The zero-order valence-corrected chi connectivity index (χ0v) is 19.1. The van der Waals surface area contributed by atoms with Crippen LogP contribution in [-0.2, 0) is 13.0 Å². The van der Waals surface area contributed by atoms with Crippen molar-refractivity contribution in [2.45, 2.75) is 52.6 Å². The minimum Gasteiger partial charge on any atom is -0.493 e. The van der Waals surface area contributed by atoms with Crippen LogP contribution in [0.15, 0.2) is 12.4 Å². The van der Waals surface area contributed by atoms with Crippen molar-refractivity contribution in [2.75, 3.05) is 25.4 Å². The molecule has 0 atom stereocenters. The molecular weight excluding hydrogens is 419 g/mol. The molecule has 9 heteroatoms. The smallest absolute Gasteiger partial charge is 0.163 e. The number of nitrogen functional groups attached to an aromatic ring is 1. The Morgan fingerprint density at radius 3 is 2.74 bits per heavy atom. The van der Waals surface area contributed by atoms with Crippen molar-refractivity contribution < 1.29 is 9.13 Å². The molecule has 3 heterocycles. The fraction of sp³-hybridized carbons (Fsp3) is 0.500. The number of anilines is 1. The lowest BCUT2D eigenvalue weighted by molar-refractivity contribution is 0.106. The first-order chi connectivity index (χ1) is 14.8. The van der Waals surface area contributed by atoms with Crippen LogP contribution in [0.5, 0.6) is 5.75 Å². The van der Waals surface area contributed by atoms with Gasteiger partial charge in [0, 0.05) is 37.2 Å². The number of benzene rings is 1. The summed E-state index contributed by atoms with van der Waals surface area (Å²) in [5.74, 6) is 0.723. The van der Waals surface area contributed by atoms with Crippen LogP contribution in [0, 0.1) is 12.7 Å². The predicted octanol–water partition coefficient (Wildman–Crippen LogP) is 3.96. The number of hydrogen-bond donors (Lipinski definition) is 1. The molecule has 2 N–H and O–H groups in total. The molecule has 0 spiro atoms. The lowest BCUT2D eigenvalue weighted by atomic mass is 9.87. The predicted molar refractivity (Wildman–Crippen MR) is 120 cm³/mol. The van der Waals surface area contributed by atoms with Gasteiger partial charge in [0.1, 0.15) is 23.7 Å². The highest BCUT2D eigenvalue weighted by Gasteiger charge is 2.35. The van der Waals surface area contributed by atoms with Crippen molar-refractivity contribution in [3.8, 4) is 5.75 Å². The van der Waals surface area contributed by atoms with Crippen LogP contribution in [0.3, 0.4) is 0 Å². The molecule has 1 aromatic carbocycles. The van der Waals surface area contributed by atoms with E-state index in [-0.39, 0.29) is 16.8 Å². The van der Waals surface area contributed by atoms with E-state index in [1.165, 1.54) is 6.33 Å². The number of halogens is 2. The van der Waals surface area contributed by atoms with Crippen molar-refractivity contribution in [3.05, 3.63) is 40.1 Å². The first-order valence-corrected chi connectivity index (χ1v) is 11.0. The van der Waals surface area contributed by atoms with E-state index >= 15 is 4.39 Å². The molecule has 31 heavy (non-hydrogen) atoms. The standard InChI is InChI=1S/C22H28ClFN6O/c1-5-31-20-14(6-7-30-22-17(13(4)28-30)21(25)26-11-27-22)8-16(23)19(24)18(20)15-9-29(10-15)12(2)3/h8,11-12,15H,5-7,9-10H2,1-4H3,(H2,25,26,27). The summed E-state index contributed by atoms with van der Waals surface area (Å²) in [6, 6.07) is 2.10. The van der Waals surface area contributed by atoms with Gasteiger partial charge in [0.15, 0.2) is 5.65 Å². The number of likely N-dealkylation sites (tertiary alicyclic amines) is 1. The van der Waals surface area contributed by atoms with Crippen molar-refractivity contribution >= 4 is 28.5 Å². The van der Waals surface area contributed by atoms with E-state index in [0.29, 0.717) is 48.4 Å².